The zero-order valence-corrected chi connectivity index (χ0v) is 16.5. The van der Waals surface area contributed by atoms with Crippen molar-refractivity contribution in [3.63, 3.8) is 0 Å². The summed E-state index contributed by atoms with van der Waals surface area (Å²) >= 11 is 0. The Morgan fingerprint density at radius 2 is 1.87 bits per heavy atom. The standard InChI is InChI=1S/C19H19F2N3O5S/c20-17(21)12-29-15-2-1-3-16(10-15)30(27,28)22-11-13-4-6-14(7-5-13)24-9-8-18(25)23-19(24)26/h1-7,10,17,22H,8-9,11-12H2,(H,23,25,26). The fourth-order valence-electron chi connectivity index (χ4n) is 2.76. The minimum absolute atomic E-state index is 0.0184. The van der Waals surface area contributed by atoms with Gasteiger partial charge < -0.3 is 4.74 Å². The Hall–Kier alpha value is -3.05. The number of carbonyl (C=O) groups excluding carboxylic acids is 2. The molecule has 0 radical (unpaired) electrons. The molecule has 0 saturated carbocycles. The molecule has 0 atom stereocenters. The van der Waals surface area contributed by atoms with Crippen molar-refractivity contribution in [2.45, 2.75) is 24.3 Å². The third-order valence-corrected chi connectivity index (χ3v) is 5.66. The highest BCUT2D eigenvalue weighted by Gasteiger charge is 2.24. The first-order valence-corrected chi connectivity index (χ1v) is 10.4. The fourth-order valence-corrected chi connectivity index (χ4v) is 3.81. The van der Waals surface area contributed by atoms with Gasteiger partial charge in [-0.1, -0.05) is 18.2 Å². The van der Waals surface area contributed by atoms with Crippen molar-refractivity contribution in [3.05, 3.63) is 54.1 Å². The molecule has 2 N–H and O–H groups in total. The van der Waals surface area contributed by atoms with Crippen LogP contribution in [0.2, 0.25) is 0 Å². The Morgan fingerprint density at radius 3 is 2.53 bits per heavy atom. The number of amides is 3. The molecule has 11 heteroatoms. The molecule has 1 heterocycles. The van der Waals surface area contributed by atoms with Gasteiger partial charge in [0.1, 0.15) is 12.4 Å². The first-order valence-electron chi connectivity index (χ1n) is 8.95. The van der Waals surface area contributed by atoms with Crippen molar-refractivity contribution >= 4 is 27.6 Å². The molecule has 1 fully saturated rings. The third kappa shape index (κ3) is 5.51. The summed E-state index contributed by atoms with van der Waals surface area (Å²) in [7, 11) is -3.89. The number of halogens is 2. The van der Waals surface area contributed by atoms with E-state index in [1.54, 1.807) is 24.3 Å². The Labute approximate surface area is 171 Å². The predicted octanol–water partition coefficient (Wildman–Crippen LogP) is 2.26. The minimum Gasteiger partial charge on any atom is -0.488 e. The maximum atomic E-state index is 12.5. The van der Waals surface area contributed by atoms with Gasteiger partial charge in [0.15, 0.2) is 0 Å². The molecule has 0 spiro atoms. The zero-order chi connectivity index (χ0) is 21.7. The van der Waals surface area contributed by atoms with E-state index in [9.17, 15) is 26.8 Å². The molecule has 2 aromatic rings. The number of ether oxygens (including phenoxy) is 1. The van der Waals surface area contributed by atoms with Crippen LogP contribution in [0, 0.1) is 0 Å². The molecule has 30 heavy (non-hydrogen) atoms. The van der Waals surface area contributed by atoms with Crippen LogP contribution in [0.3, 0.4) is 0 Å². The topological polar surface area (TPSA) is 105 Å². The monoisotopic (exact) mass is 439 g/mol. The summed E-state index contributed by atoms with van der Waals surface area (Å²) in [5.41, 5.74) is 1.22. The van der Waals surface area contributed by atoms with Crippen LogP contribution in [-0.2, 0) is 21.4 Å². The highest BCUT2D eigenvalue weighted by Crippen LogP contribution is 2.20. The van der Waals surface area contributed by atoms with E-state index in [4.69, 9.17) is 4.74 Å². The van der Waals surface area contributed by atoms with Crippen LogP contribution >= 0.6 is 0 Å². The maximum absolute atomic E-state index is 12.5. The van der Waals surface area contributed by atoms with Crippen LogP contribution < -0.4 is 19.7 Å². The number of carbonyl (C=O) groups is 2. The van der Waals surface area contributed by atoms with Crippen molar-refractivity contribution in [2.24, 2.45) is 0 Å². The number of nitrogens with one attached hydrogen (secondary N) is 2. The van der Waals surface area contributed by atoms with Gasteiger partial charge in [-0.15, -0.1) is 0 Å². The van der Waals surface area contributed by atoms with E-state index in [-0.39, 0.29) is 36.1 Å². The van der Waals surface area contributed by atoms with E-state index >= 15 is 0 Å². The second kappa shape index (κ2) is 9.18. The molecule has 160 valence electrons. The van der Waals surface area contributed by atoms with Crippen LogP contribution in [0.1, 0.15) is 12.0 Å². The normalized spacial score (nSPS) is 14.7. The average Bonchev–Trinajstić information content (AvgIpc) is 2.72. The second-order valence-electron chi connectivity index (χ2n) is 6.42. The van der Waals surface area contributed by atoms with Crippen LogP contribution in [0.5, 0.6) is 5.75 Å². The smallest absolute Gasteiger partial charge is 0.328 e. The number of benzene rings is 2. The first kappa shape index (κ1) is 21.7. The molecule has 1 saturated heterocycles. The quantitative estimate of drug-likeness (QED) is 0.657. The first-order chi connectivity index (χ1) is 14.2. The summed E-state index contributed by atoms with van der Waals surface area (Å²) in [6.07, 6.45) is -2.46. The van der Waals surface area contributed by atoms with Gasteiger partial charge in [-0.25, -0.2) is 26.7 Å². The molecule has 8 nitrogen and oxygen atoms in total. The van der Waals surface area contributed by atoms with E-state index in [0.29, 0.717) is 11.3 Å². The number of urea groups is 1. The van der Waals surface area contributed by atoms with E-state index in [1.807, 2.05) is 0 Å². The Morgan fingerprint density at radius 1 is 1.13 bits per heavy atom. The molecule has 1 aliphatic rings. The number of hydrogen-bond donors (Lipinski definition) is 2. The Kier molecular flexibility index (Phi) is 6.63. The average molecular weight is 439 g/mol. The van der Waals surface area contributed by atoms with Crippen LogP contribution in [0.15, 0.2) is 53.4 Å². The minimum atomic E-state index is -3.89. The number of anilines is 1. The van der Waals surface area contributed by atoms with Gasteiger partial charge in [0, 0.05) is 31.3 Å². The van der Waals surface area contributed by atoms with Crippen molar-refractivity contribution in [2.75, 3.05) is 18.1 Å². The molecule has 1 aliphatic heterocycles. The van der Waals surface area contributed by atoms with E-state index < -0.39 is 29.1 Å². The number of nitrogens with zero attached hydrogens (tertiary/aromatic N) is 1. The zero-order valence-electron chi connectivity index (χ0n) is 15.7. The van der Waals surface area contributed by atoms with Crippen LogP contribution in [0.25, 0.3) is 0 Å². The van der Waals surface area contributed by atoms with Gasteiger partial charge >= 0.3 is 6.03 Å². The predicted molar refractivity (Wildman–Crippen MR) is 104 cm³/mol. The molecule has 3 amide bonds. The lowest BCUT2D eigenvalue weighted by atomic mass is 10.2. The molecule has 0 aromatic heterocycles. The van der Waals surface area contributed by atoms with Crippen molar-refractivity contribution in [1.82, 2.24) is 10.0 Å². The fraction of sp³-hybridized carbons (Fsp3) is 0.263. The van der Waals surface area contributed by atoms with Crippen molar-refractivity contribution in [1.29, 1.82) is 0 Å². The van der Waals surface area contributed by atoms with Gasteiger partial charge in [-0.2, -0.15) is 0 Å². The van der Waals surface area contributed by atoms with E-state index in [2.05, 4.69) is 10.0 Å². The largest absolute Gasteiger partial charge is 0.488 e. The highest BCUT2D eigenvalue weighted by atomic mass is 32.2. The lowest BCUT2D eigenvalue weighted by molar-refractivity contribution is -0.120. The lowest BCUT2D eigenvalue weighted by Crippen LogP contribution is -2.49. The third-order valence-electron chi connectivity index (χ3n) is 4.26. The highest BCUT2D eigenvalue weighted by molar-refractivity contribution is 7.89. The summed E-state index contributed by atoms with van der Waals surface area (Å²) in [6.45, 7) is -0.581. The van der Waals surface area contributed by atoms with Gasteiger partial charge in [0.2, 0.25) is 15.9 Å². The van der Waals surface area contributed by atoms with Crippen molar-refractivity contribution < 1.29 is 31.5 Å². The molecule has 0 unspecified atom stereocenters. The molecule has 0 aliphatic carbocycles. The molecule has 2 aromatic carbocycles. The molecule has 3 rings (SSSR count). The Bertz CT molecular complexity index is 1030. The number of rotatable bonds is 8. The van der Waals surface area contributed by atoms with Gasteiger partial charge in [-0.3, -0.25) is 15.0 Å². The Balaban J connectivity index is 1.63. The van der Waals surface area contributed by atoms with Crippen LogP contribution in [-0.4, -0.2) is 39.9 Å². The van der Waals surface area contributed by atoms with Crippen molar-refractivity contribution in [3.8, 4) is 5.75 Å². The second-order valence-corrected chi connectivity index (χ2v) is 8.19. The van der Waals surface area contributed by atoms with Gasteiger partial charge in [-0.05, 0) is 29.8 Å². The summed E-state index contributed by atoms with van der Waals surface area (Å²) in [6, 6.07) is 11.4. The summed E-state index contributed by atoms with van der Waals surface area (Å²) in [4.78, 5) is 24.4. The lowest BCUT2D eigenvalue weighted by Gasteiger charge is -2.26. The maximum Gasteiger partial charge on any atom is 0.328 e. The van der Waals surface area contributed by atoms with Crippen LogP contribution in [0.4, 0.5) is 19.3 Å². The number of sulfonamides is 1. The molecule has 0 bridgehead atoms. The van der Waals surface area contributed by atoms with E-state index in [0.717, 1.165) is 0 Å². The summed E-state index contributed by atoms with van der Waals surface area (Å²) < 4.78 is 56.7. The summed E-state index contributed by atoms with van der Waals surface area (Å²) in [5.74, 6) is -0.299. The van der Waals surface area contributed by atoms with E-state index in [1.165, 1.54) is 29.2 Å². The van der Waals surface area contributed by atoms with Gasteiger partial charge in [0.05, 0.1) is 4.90 Å². The van der Waals surface area contributed by atoms with Gasteiger partial charge in [0.25, 0.3) is 6.43 Å². The molecular formula is C19H19F2N3O5S. The molecular weight excluding hydrogens is 420 g/mol. The summed E-state index contributed by atoms with van der Waals surface area (Å²) in [5, 5.41) is 2.23. The SMILES string of the molecule is O=C1CCN(c2ccc(CNS(=O)(=O)c3cccc(OCC(F)F)c3)cc2)C(=O)N1. The number of imide groups is 1. The number of alkyl halides is 2. The number of hydrogen-bond acceptors (Lipinski definition) is 5.